The number of aliphatic hydroxyl groups excluding tert-OH is 1. The van der Waals surface area contributed by atoms with Crippen molar-refractivity contribution in [3.05, 3.63) is 35.4 Å². The molecule has 1 fully saturated rings. The molecule has 0 bridgehead atoms. The van der Waals surface area contributed by atoms with E-state index in [1.807, 2.05) is 0 Å². The maximum Gasteiger partial charge on any atom is 0.416 e. The molecule has 0 aliphatic carbocycles. The Kier molecular flexibility index (Phi) is 4.84. The van der Waals surface area contributed by atoms with Gasteiger partial charge in [0, 0.05) is 25.6 Å². The second-order valence-corrected chi connectivity index (χ2v) is 5.16. The Morgan fingerprint density at radius 1 is 1.38 bits per heavy atom. The first-order valence-corrected chi connectivity index (χ1v) is 6.68. The summed E-state index contributed by atoms with van der Waals surface area (Å²) in [5.74, 6) is -0.413. The number of rotatable bonds is 4. The molecule has 1 aliphatic heterocycles. The third kappa shape index (κ3) is 4.44. The molecule has 7 heteroatoms. The third-order valence-electron chi connectivity index (χ3n) is 3.48. The third-order valence-corrected chi connectivity index (χ3v) is 3.48. The van der Waals surface area contributed by atoms with Crippen molar-refractivity contribution in [3.8, 4) is 0 Å². The topological polar surface area (TPSA) is 61.4 Å². The number of carbonyl (C=O) groups is 1. The van der Waals surface area contributed by atoms with E-state index in [0.717, 1.165) is 12.1 Å². The van der Waals surface area contributed by atoms with Crippen molar-refractivity contribution in [2.75, 3.05) is 19.6 Å². The molecular weight excluding hydrogens is 285 g/mol. The molecular formula is C14H17F3N2O2. The average molecular weight is 302 g/mol. The number of aliphatic hydroxyl groups is 1. The Bertz CT molecular complexity index is 505. The second kappa shape index (κ2) is 6.44. The number of hydrogen-bond acceptors (Lipinski definition) is 3. The van der Waals surface area contributed by atoms with Crippen molar-refractivity contribution < 1.29 is 23.1 Å². The van der Waals surface area contributed by atoms with Crippen molar-refractivity contribution in [2.24, 2.45) is 5.92 Å². The molecule has 1 aliphatic rings. The first-order chi connectivity index (χ1) is 9.86. The predicted molar refractivity (Wildman–Crippen MR) is 70.5 cm³/mol. The number of carbonyl (C=O) groups excluding carboxylic acids is 1. The number of benzene rings is 1. The summed E-state index contributed by atoms with van der Waals surface area (Å²) in [6.07, 6.45) is -5.02. The van der Waals surface area contributed by atoms with Gasteiger partial charge in [-0.1, -0.05) is 18.2 Å². The van der Waals surface area contributed by atoms with Crippen LogP contribution in [0, 0.1) is 5.92 Å². The van der Waals surface area contributed by atoms with Gasteiger partial charge < -0.3 is 15.7 Å². The van der Waals surface area contributed by atoms with Gasteiger partial charge in [-0.3, -0.25) is 4.79 Å². The molecule has 0 aromatic heterocycles. The van der Waals surface area contributed by atoms with Crippen molar-refractivity contribution in [3.63, 3.8) is 0 Å². The molecule has 21 heavy (non-hydrogen) atoms. The standard InChI is InChI=1S/C14H17F3N2O2/c15-14(16,17)11-3-1-2-9(4-11)5-13(21)19-7-10-6-18-8-12(10)20/h1-4,10,12,18,20H,5-8H2,(H,19,21). The van der Waals surface area contributed by atoms with Crippen LogP contribution >= 0.6 is 0 Å². The van der Waals surface area contributed by atoms with E-state index >= 15 is 0 Å². The minimum absolute atomic E-state index is 0.0598. The Labute approximate surface area is 120 Å². The van der Waals surface area contributed by atoms with Crippen LogP contribution in [0.2, 0.25) is 0 Å². The highest BCUT2D eigenvalue weighted by molar-refractivity contribution is 5.78. The van der Waals surface area contributed by atoms with Gasteiger partial charge in [0.05, 0.1) is 18.1 Å². The van der Waals surface area contributed by atoms with Gasteiger partial charge in [0.1, 0.15) is 0 Å². The molecule has 1 heterocycles. The fourth-order valence-electron chi connectivity index (χ4n) is 2.28. The summed E-state index contributed by atoms with van der Waals surface area (Å²) in [5, 5.41) is 15.2. The number of amides is 1. The molecule has 1 saturated heterocycles. The summed E-state index contributed by atoms with van der Waals surface area (Å²) in [4.78, 5) is 11.7. The molecule has 0 saturated carbocycles. The second-order valence-electron chi connectivity index (χ2n) is 5.16. The zero-order chi connectivity index (χ0) is 15.5. The van der Waals surface area contributed by atoms with Crippen LogP contribution in [0.1, 0.15) is 11.1 Å². The van der Waals surface area contributed by atoms with Crippen molar-refractivity contribution >= 4 is 5.91 Å². The van der Waals surface area contributed by atoms with E-state index in [1.54, 1.807) is 0 Å². The zero-order valence-electron chi connectivity index (χ0n) is 11.3. The lowest BCUT2D eigenvalue weighted by molar-refractivity contribution is -0.137. The molecule has 0 spiro atoms. The van der Waals surface area contributed by atoms with E-state index in [9.17, 15) is 23.1 Å². The quantitative estimate of drug-likeness (QED) is 0.776. The number of halogens is 3. The maximum atomic E-state index is 12.6. The van der Waals surface area contributed by atoms with Gasteiger partial charge in [-0.05, 0) is 11.6 Å². The fraction of sp³-hybridized carbons (Fsp3) is 0.500. The van der Waals surface area contributed by atoms with Crippen LogP contribution in [0.3, 0.4) is 0 Å². The molecule has 116 valence electrons. The highest BCUT2D eigenvalue weighted by Gasteiger charge is 2.30. The van der Waals surface area contributed by atoms with E-state index in [0.29, 0.717) is 25.2 Å². The van der Waals surface area contributed by atoms with Crippen LogP contribution in [0.4, 0.5) is 13.2 Å². The van der Waals surface area contributed by atoms with Gasteiger partial charge in [0.25, 0.3) is 0 Å². The summed E-state index contributed by atoms with van der Waals surface area (Å²) in [6.45, 7) is 1.42. The first-order valence-electron chi connectivity index (χ1n) is 6.68. The lowest BCUT2D eigenvalue weighted by Gasteiger charge is -2.14. The zero-order valence-corrected chi connectivity index (χ0v) is 11.3. The molecule has 0 radical (unpaired) electrons. The predicted octanol–water partition coefficient (Wildman–Crippen LogP) is 0.944. The van der Waals surface area contributed by atoms with Crippen molar-refractivity contribution in [1.82, 2.24) is 10.6 Å². The molecule has 2 unspecified atom stereocenters. The van der Waals surface area contributed by atoms with Crippen LogP contribution in [-0.2, 0) is 17.4 Å². The lowest BCUT2D eigenvalue weighted by Crippen LogP contribution is -2.35. The van der Waals surface area contributed by atoms with Crippen molar-refractivity contribution in [1.29, 1.82) is 0 Å². The van der Waals surface area contributed by atoms with E-state index in [2.05, 4.69) is 10.6 Å². The fourth-order valence-corrected chi connectivity index (χ4v) is 2.28. The smallest absolute Gasteiger partial charge is 0.391 e. The summed E-state index contributed by atoms with van der Waals surface area (Å²) in [7, 11) is 0. The van der Waals surface area contributed by atoms with Crippen LogP contribution < -0.4 is 10.6 Å². The minimum atomic E-state index is -4.41. The minimum Gasteiger partial charge on any atom is -0.391 e. The number of hydrogen-bond donors (Lipinski definition) is 3. The van der Waals surface area contributed by atoms with Crippen molar-refractivity contribution in [2.45, 2.75) is 18.7 Å². The van der Waals surface area contributed by atoms with E-state index < -0.39 is 17.8 Å². The Balaban J connectivity index is 1.88. The van der Waals surface area contributed by atoms with E-state index in [1.165, 1.54) is 12.1 Å². The SMILES string of the molecule is O=C(Cc1cccc(C(F)(F)F)c1)NCC1CNCC1O. The Morgan fingerprint density at radius 2 is 2.14 bits per heavy atom. The maximum absolute atomic E-state index is 12.6. The summed E-state index contributed by atoms with van der Waals surface area (Å²) < 4.78 is 37.7. The average Bonchev–Trinajstić information content (AvgIpc) is 2.81. The lowest BCUT2D eigenvalue weighted by atomic mass is 10.1. The van der Waals surface area contributed by atoms with Crippen LogP contribution in [0.25, 0.3) is 0 Å². The largest absolute Gasteiger partial charge is 0.416 e. The molecule has 3 N–H and O–H groups in total. The Hall–Kier alpha value is -1.60. The molecule has 2 atom stereocenters. The van der Waals surface area contributed by atoms with Gasteiger partial charge in [-0.2, -0.15) is 13.2 Å². The highest BCUT2D eigenvalue weighted by Crippen LogP contribution is 2.29. The summed E-state index contributed by atoms with van der Waals surface area (Å²) in [5.41, 5.74) is -0.448. The number of β-amino-alcohol motifs (C(OH)–C–C–N with tert-alkyl or cyclic N) is 1. The molecule has 1 aromatic carbocycles. The molecule has 4 nitrogen and oxygen atoms in total. The van der Waals surface area contributed by atoms with E-state index in [-0.39, 0.29) is 18.2 Å². The van der Waals surface area contributed by atoms with Gasteiger partial charge in [-0.15, -0.1) is 0 Å². The van der Waals surface area contributed by atoms with Gasteiger partial charge in [0.2, 0.25) is 5.91 Å². The monoisotopic (exact) mass is 302 g/mol. The number of nitrogens with one attached hydrogen (secondary N) is 2. The number of alkyl halides is 3. The van der Waals surface area contributed by atoms with Crippen LogP contribution in [-0.4, -0.2) is 36.8 Å². The molecule has 1 amide bonds. The van der Waals surface area contributed by atoms with Crippen LogP contribution in [0.15, 0.2) is 24.3 Å². The first kappa shape index (κ1) is 15.8. The van der Waals surface area contributed by atoms with Gasteiger partial charge in [0.15, 0.2) is 0 Å². The van der Waals surface area contributed by atoms with Gasteiger partial charge in [-0.25, -0.2) is 0 Å². The summed E-state index contributed by atoms with van der Waals surface area (Å²) in [6, 6.07) is 4.73. The molecule has 2 rings (SSSR count). The van der Waals surface area contributed by atoms with Crippen LogP contribution in [0.5, 0.6) is 0 Å². The Morgan fingerprint density at radius 3 is 2.76 bits per heavy atom. The van der Waals surface area contributed by atoms with Gasteiger partial charge >= 0.3 is 6.18 Å². The molecule has 1 aromatic rings. The van der Waals surface area contributed by atoms with E-state index in [4.69, 9.17) is 0 Å². The highest BCUT2D eigenvalue weighted by atomic mass is 19.4. The normalized spacial score (nSPS) is 22.3. The summed E-state index contributed by atoms with van der Waals surface area (Å²) >= 11 is 0.